The molecule has 0 unspecified atom stereocenters. The van der Waals surface area contributed by atoms with Gasteiger partial charge in [0.15, 0.2) is 11.5 Å². The number of ether oxygens (including phenoxy) is 3. The molecule has 27 heavy (non-hydrogen) atoms. The molecular weight excluding hydrogens is 366 g/mol. The maximum atomic E-state index is 12.6. The minimum Gasteiger partial charge on any atom is -0.497 e. The van der Waals surface area contributed by atoms with Gasteiger partial charge in [0, 0.05) is 5.56 Å². The lowest BCUT2D eigenvalue weighted by atomic mass is 10.0. The van der Waals surface area contributed by atoms with E-state index in [1.165, 1.54) is 13.2 Å². The fourth-order valence-corrected chi connectivity index (χ4v) is 2.65. The average Bonchev–Trinajstić information content (AvgIpc) is 2.70. The topological polar surface area (TPSA) is 68.5 Å². The second-order valence-corrected chi connectivity index (χ2v) is 6.02. The third kappa shape index (κ3) is 5.02. The van der Waals surface area contributed by atoms with E-state index in [0.29, 0.717) is 40.0 Å². The van der Waals surface area contributed by atoms with Crippen molar-refractivity contribution in [1.29, 1.82) is 5.26 Å². The van der Waals surface area contributed by atoms with E-state index >= 15 is 0 Å². The van der Waals surface area contributed by atoms with Crippen LogP contribution in [0.2, 0.25) is 5.02 Å². The molecule has 0 spiro atoms. The lowest BCUT2D eigenvalue weighted by molar-refractivity contribution is 0.104. The molecule has 5 nitrogen and oxygen atoms in total. The number of Topliss-reactive ketones (excluding diaryl/α,β-unsaturated/α-hetero) is 1. The van der Waals surface area contributed by atoms with Crippen molar-refractivity contribution in [1.82, 2.24) is 0 Å². The van der Waals surface area contributed by atoms with Crippen LogP contribution in [0.15, 0.2) is 42.0 Å². The minimum absolute atomic E-state index is 0.0134. The van der Waals surface area contributed by atoms with E-state index in [9.17, 15) is 10.1 Å². The number of hydrogen-bond donors (Lipinski definition) is 0. The van der Waals surface area contributed by atoms with Crippen LogP contribution in [0.1, 0.15) is 29.3 Å². The van der Waals surface area contributed by atoms with Gasteiger partial charge in [0.1, 0.15) is 17.4 Å². The fourth-order valence-electron chi connectivity index (χ4n) is 2.38. The predicted octanol–water partition coefficient (Wildman–Crippen LogP) is 4.94. The van der Waals surface area contributed by atoms with E-state index in [4.69, 9.17) is 25.8 Å². The van der Waals surface area contributed by atoms with Gasteiger partial charge in [-0.25, -0.2) is 0 Å². The summed E-state index contributed by atoms with van der Waals surface area (Å²) in [5.41, 5.74) is 0.948. The molecule has 0 atom stereocenters. The van der Waals surface area contributed by atoms with Gasteiger partial charge >= 0.3 is 0 Å². The highest BCUT2D eigenvalue weighted by Gasteiger charge is 2.15. The van der Waals surface area contributed by atoms with E-state index in [2.05, 4.69) is 0 Å². The lowest BCUT2D eigenvalue weighted by Crippen LogP contribution is -2.02. The highest BCUT2D eigenvalue weighted by atomic mass is 35.5. The van der Waals surface area contributed by atoms with Crippen LogP contribution in [0, 0.1) is 11.3 Å². The Labute approximate surface area is 163 Å². The van der Waals surface area contributed by atoms with Crippen molar-refractivity contribution in [2.45, 2.75) is 13.3 Å². The Balaban J connectivity index is 2.37. The maximum absolute atomic E-state index is 12.6. The number of ketones is 1. The maximum Gasteiger partial charge on any atom is 0.203 e. The summed E-state index contributed by atoms with van der Waals surface area (Å²) < 4.78 is 16.0. The zero-order valence-corrected chi connectivity index (χ0v) is 16.2. The molecule has 0 aromatic heterocycles. The number of allylic oxidation sites excluding steroid dienone is 1. The van der Waals surface area contributed by atoms with Gasteiger partial charge in [0.25, 0.3) is 0 Å². The van der Waals surface area contributed by atoms with Crippen LogP contribution in [0.25, 0.3) is 6.08 Å². The molecule has 0 amide bonds. The van der Waals surface area contributed by atoms with Crippen molar-refractivity contribution >= 4 is 23.5 Å². The van der Waals surface area contributed by atoms with Crippen molar-refractivity contribution in [3.63, 3.8) is 0 Å². The zero-order valence-electron chi connectivity index (χ0n) is 15.4. The molecule has 2 aromatic carbocycles. The van der Waals surface area contributed by atoms with Crippen LogP contribution < -0.4 is 14.2 Å². The highest BCUT2D eigenvalue weighted by molar-refractivity contribution is 6.32. The zero-order chi connectivity index (χ0) is 19.8. The Hall–Kier alpha value is -2.97. The molecule has 0 bridgehead atoms. The number of nitriles is 1. The normalized spacial score (nSPS) is 10.9. The van der Waals surface area contributed by atoms with Gasteiger partial charge in [-0.1, -0.05) is 18.5 Å². The molecule has 6 heteroatoms. The average molecular weight is 386 g/mol. The van der Waals surface area contributed by atoms with Crippen molar-refractivity contribution in [2.75, 3.05) is 20.8 Å². The number of nitrogens with zero attached hydrogens (tertiary/aromatic N) is 1. The number of rotatable bonds is 8. The highest BCUT2D eigenvalue weighted by Crippen LogP contribution is 2.37. The monoisotopic (exact) mass is 385 g/mol. The van der Waals surface area contributed by atoms with Crippen molar-refractivity contribution < 1.29 is 19.0 Å². The second kappa shape index (κ2) is 9.65. The van der Waals surface area contributed by atoms with Gasteiger partial charge in [-0.2, -0.15) is 5.26 Å². The summed E-state index contributed by atoms with van der Waals surface area (Å²) in [5.74, 6) is 1.13. The predicted molar refractivity (Wildman–Crippen MR) is 105 cm³/mol. The molecule has 0 saturated heterocycles. The van der Waals surface area contributed by atoms with E-state index < -0.39 is 0 Å². The number of carbonyl (C=O) groups is 1. The molecule has 2 rings (SSSR count). The Morgan fingerprint density at radius 2 is 1.89 bits per heavy atom. The van der Waals surface area contributed by atoms with Crippen LogP contribution in [-0.2, 0) is 0 Å². The second-order valence-electron chi connectivity index (χ2n) is 5.61. The summed E-state index contributed by atoms with van der Waals surface area (Å²) in [7, 11) is 3.05. The first-order chi connectivity index (χ1) is 13.0. The first-order valence-electron chi connectivity index (χ1n) is 8.34. The largest absolute Gasteiger partial charge is 0.497 e. The molecule has 0 N–H and O–H groups in total. The number of hydrogen-bond acceptors (Lipinski definition) is 5. The van der Waals surface area contributed by atoms with E-state index in [1.807, 2.05) is 13.0 Å². The molecule has 0 aliphatic rings. The van der Waals surface area contributed by atoms with Crippen molar-refractivity contribution in [2.24, 2.45) is 0 Å². The summed E-state index contributed by atoms with van der Waals surface area (Å²) in [6.45, 7) is 2.49. The van der Waals surface area contributed by atoms with Gasteiger partial charge in [-0.05, 0) is 54.5 Å². The minimum atomic E-state index is -0.387. The summed E-state index contributed by atoms with van der Waals surface area (Å²) >= 11 is 6.29. The molecule has 0 fully saturated rings. The van der Waals surface area contributed by atoms with Crippen molar-refractivity contribution in [3.8, 4) is 23.3 Å². The third-order valence-corrected chi connectivity index (χ3v) is 4.01. The van der Waals surface area contributed by atoms with Gasteiger partial charge in [-0.3, -0.25) is 4.79 Å². The van der Waals surface area contributed by atoms with E-state index in [-0.39, 0.29) is 11.4 Å². The number of halogens is 1. The van der Waals surface area contributed by atoms with Crippen LogP contribution in [0.4, 0.5) is 0 Å². The molecular formula is C21H20ClNO4. The van der Waals surface area contributed by atoms with Crippen LogP contribution >= 0.6 is 11.6 Å². The fraction of sp³-hybridized carbons (Fsp3) is 0.238. The molecule has 140 valence electrons. The molecule has 0 heterocycles. The number of methoxy groups -OCH3 is 2. The molecule has 0 aliphatic carbocycles. The third-order valence-electron chi connectivity index (χ3n) is 3.73. The van der Waals surface area contributed by atoms with Gasteiger partial charge in [-0.15, -0.1) is 0 Å². The summed E-state index contributed by atoms with van der Waals surface area (Å²) in [5, 5.41) is 9.78. The summed E-state index contributed by atoms with van der Waals surface area (Å²) in [4.78, 5) is 12.6. The molecule has 0 aliphatic heterocycles. The summed E-state index contributed by atoms with van der Waals surface area (Å²) in [6, 6.07) is 11.8. The molecule has 2 aromatic rings. The van der Waals surface area contributed by atoms with Gasteiger partial charge in [0.05, 0.1) is 25.8 Å². The number of carbonyl (C=O) groups excluding carboxylic acids is 1. The van der Waals surface area contributed by atoms with E-state index in [0.717, 1.165) is 6.42 Å². The van der Waals surface area contributed by atoms with Gasteiger partial charge < -0.3 is 14.2 Å². The van der Waals surface area contributed by atoms with Crippen LogP contribution in [0.3, 0.4) is 0 Å². The van der Waals surface area contributed by atoms with Crippen LogP contribution in [0.5, 0.6) is 17.2 Å². The first-order valence-corrected chi connectivity index (χ1v) is 8.72. The number of benzene rings is 2. The van der Waals surface area contributed by atoms with Crippen molar-refractivity contribution in [3.05, 3.63) is 58.1 Å². The Morgan fingerprint density at radius 3 is 2.44 bits per heavy atom. The SMILES string of the molecule is CCCOc1c(Cl)cc(/C=C(/C#N)C(=O)c2ccc(OC)cc2)cc1OC. The standard InChI is InChI=1S/C21H20ClNO4/c1-4-9-27-21-18(22)11-14(12-19(21)26-3)10-16(13-23)20(24)15-5-7-17(25-2)8-6-15/h5-8,10-12H,4,9H2,1-3H3/b16-10-. The Morgan fingerprint density at radius 1 is 1.19 bits per heavy atom. The van der Waals surface area contributed by atoms with Crippen LogP contribution in [-0.4, -0.2) is 26.6 Å². The van der Waals surface area contributed by atoms with Gasteiger partial charge in [0.2, 0.25) is 5.78 Å². The molecule has 0 saturated carbocycles. The lowest BCUT2D eigenvalue weighted by Gasteiger charge is -2.13. The summed E-state index contributed by atoms with van der Waals surface area (Å²) in [6.07, 6.45) is 2.31. The van der Waals surface area contributed by atoms with E-state index in [1.54, 1.807) is 43.5 Å². The quantitative estimate of drug-likeness (QED) is 0.366. The first kappa shape index (κ1) is 20.3. The Kier molecular flexibility index (Phi) is 7.27. The smallest absolute Gasteiger partial charge is 0.203 e. The Bertz CT molecular complexity index is 882. The molecule has 0 radical (unpaired) electrons.